The SMILES string of the molecule is CC1(C)[C@]2(CO)CC[C@]1(C)[C@@H](O)C2. The first-order chi connectivity index (χ1) is 5.90. The van der Waals surface area contributed by atoms with Crippen LogP contribution in [-0.4, -0.2) is 22.9 Å². The Balaban J connectivity index is 2.46. The Morgan fingerprint density at radius 1 is 1.23 bits per heavy atom. The van der Waals surface area contributed by atoms with Gasteiger partial charge in [0.05, 0.1) is 6.10 Å². The Kier molecular flexibility index (Phi) is 1.67. The summed E-state index contributed by atoms with van der Waals surface area (Å²) in [7, 11) is 0. The van der Waals surface area contributed by atoms with E-state index < -0.39 is 0 Å². The molecule has 0 aromatic rings. The third kappa shape index (κ3) is 0.774. The van der Waals surface area contributed by atoms with Crippen molar-refractivity contribution in [2.45, 2.75) is 46.1 Å². The number of fused-ring (bicyclic) bond motifs is 2. The Hall–Kier alpha value is -0.0800. The Morgan fingerprint density at radius 3 is 2.08 bits per heavy atom. The summed E-state index contributed by atoms with van der Waals surface area (Å²) in [5.41, 5.74) is 0.0884. The van der Waals surface area contributed by atoms with Gasteiger partial charge in [-0.05, 0) is 30.1 Å². The van der Waals surface area contributed by atoms with E-state index in [1.165, 1.54) is 0 Å². The van der Waals surface area contributed by atoms with Gasteiger partial charge in [0.1, 0.15) is 0 Å². The summed E-state index contributed by atoms with van der Waals surface area (Å²) in [5.74, 6) is 0. The lowest BCUT2D eigenvalue weighted by Crippen LogP contribution is -2.38. The average molecular weight is 184 g/mol. The molecule has 13 heavy (non-hydrogen) atoms. The molecule has 2 fully saturated rings. The maximum absolute atomic E-state index is 10.00. The molecule has 2 N–H and O–H groups in total. The van der Waals surface area contributed by atoms with E-state index in [0.717, 1.165) is 19.3 Å². The van der Waals surface area contributed by atoms with Crippen LogP contribution < -0.4 is 0 Å². The zero-order valence-corrected chi connectivity index (χ0v) is 8.80. The smallest absolute Gasteiger partial charge is 0.0605 e. The second-order valence-electron chi connectivity index (χ2n) is 5.70. The van der Waals surface area contributed by atoms with Crippen LogP contribution in [0.3, 0.4) is 0 Å². The molecule has 0 amide bonds. The van der Waals surface area contributed by atoms with E-state index in [9.17, 15) is 10.2 Å². The first-order valence-corrected chi connectivity index (χ1v) is 5.19. The largest absolute Gasteiger partial charge is 0.396 e. The van der Waals surface area contributed by atoms with E-state index in [4.69, 9.17) is 0 Å². The number of aliphatic hydroxyl groups excluding tert-OH is 2. The molecule has 0 saturated heterocycles. The fourth-order valence-corrected chi connectivity index (χ4v) is 3.61. The van der Waals surface area contributed by atoms with E-state index in [1.807, 2.05) is 0 Å². The topological polar surface area (TPSA) is 40.5 Å². The molecule has 2 bridgehead atoms. The maximum Gasteiger partial charge on any atom is 0.0605 e. The second-order valence-corrected chi connectivity index (χ2v) is 5.70. The molecule has 0 heterocycles. The summed E-state index contributed by atoms with van der Waals surface area (Å²) in [6.07, 6.45) is 2.70. The normalized spacial score (nSPS) is 52.8. The number of hydrogen-bond donors (Lipinski definition) is 2. The van der Waals surface area contributed by atoms with Crippen molar-refractivity contribution in [3.63, 3.8) is 0 Å². The van der Waals surface area contributed by atoms with Gasteiger partial charge in [-0.25, -0.2) is 0 Å². The predicted octanol–water partition coefficient (Wildman–Crippen LogP) is 1.56. The van der Waals surface area contributed by atoms with Crippen molar-refractivity contribution in [3.8, 4) is 0 Å². The third-order valence-electron chi connectivity index (χ3n) is 5.50. The van der Waals surface area contributed by atoms with Gasteiger partial charge in [0.25, 0.3) is 0 Å². The minimum Gasteiger partial charge on any atom is -0.396 e. The van der Waals surface area contributed by atoms with Crippen molar-refractivity contribution in [2.75, 3.05) is 6.61 Å². The van der Waals surface area contributed by atoms with E-state index >= 15 is 0 Å². The summed E-state index contributed by atoms with van der Waals surface area (Å²) in [6.45, 7) is 6.80. The number of rotatable bonds is 1. The van der Waals surface area contributed by atoms with Gasteiger partial charge in [-0.1, -0.05) is 20.8 Å². The van der Waals surface area contributed by atoms with E-state index in [2.05, 4.69) is 20.8 Å². The quantitative estimate of drug-likeness (QED) is 0.649. The van der Waals surface area contributed by atoms with Crippen LogP contribution in [0, 0.1) is 16.2 Å². The Labute approximate surface area is 80.0 Å². The van der Waals surface area contributed by atoms with Gasteiger partial charge < -0.3 is 10.2 Å². The Morgan fingerprint density at radius 2 is 1.85 bits per heavy atom. The zero-order chi connectivity index (χ0) is 9.91. The van der Waals surface area contributed by atoms with Crippen LogP contribution >= 0.6 is 0 Å². The lowest BCUT2D eigenvalue weighted by Gasteiger charge is -2.40. The lowest BCUT2D eigenvalue weighted by molar-refractivity contribution is 0.00712. The highest BCUT2D eigenvalue weighted by atomic mass is 16.3. The molecular formula is C11H20O2. The molecule has 3 atom stereocenters. The monoisotopic (exact) mass is 184 g/mol. The van der Waals surface area contributed by atoms with Gasteiger partial charge >= 0.3 is 0 Å². The fraction of sp³-hybridized carbons (Fsp3) is 1.00. The summed E-state index contributed by atoms with van der Waals surface area (Å²) >= 11 is 0. The van der Waals surface area contributed by atoms with Gasteiger partial charge in [0.15, 0.2) is 0 Å². The standard InChI is InChI=1S/C11H20O2/c1-9(2)10(3)4-5-11(9,7-12)6-8(10)13/h8,12-13H,4-7H2,1-3H3/t8-,10+,11+/m0/s1. The fourth-order valence-electron chi connectivity index (χ4n) is 3.61. The van der Waals surface area contributed by atoms with Crippen LogP contribution in [0.25, 0.3) is 0 Å². The molecule has 2 aliphatic rings. The van der Waals surface area contributed by atoms with Crippen LogP contribution in [0.5, 0.6) is 0 Å². The van der Waals surface area contributed by atoms with Crippen LogP contribution in [-0.2, 0) is 0 Å². The molecule has 0 aromatic heterocycles. The predicted molar refractivity (Wildman–Crippen MR) is 51.3 cm³/mol. The lowest BCUT2D eigenvalue weighted by atomic mass is 9.65. The van der Waals surface area contributed by atoms with Crippen LogP contribution in [0.2, 0.25) is 0 Å². The summed E-state index contributed by atoms with van der Waals surface area (Å²) < 4.78 is 0. The minimum absolute atomic E-state index is 0.0127. The minimum atomic E-state index is -0.219. The molecule has 0 spiro atoms. The molecule has 0 unspecified atom stereocenters. The zero-order valence-electron chi connectivity index (χ0n) is 8.80. The highest BCUT2D eigenvalue weighted by Crippen LogP contribution is 2.71. The van der Waals surface area contributed by atoms with Gasteiger partial charge in [0, 0.05) is 12.0 Å². The molecule has 2 aliphatic carbocycles. The maximum atomic E-state index is 10.00. The van der Waals surface area contributed by atoms with Crippen molar-refractivity contribution in [1.29, 1.82) is 0 Å². The highest BCUT2D eigenvalue weighted by molar-refractivity contribution is 5.17. The van der Waals surface area contributed by atoms with Crippen molar-refractivity contribution in [1.82, 2.24) is 0 Å². The first kappa shape index (κ1) is 9.47. The number of aliphatic hydroxyl groups is 2. The van der Waals surface area contributed by atoms with Crippen LogP contribution in [0.15, 0.2) is 0 Å². The molecule has 76 valence electrons. The Bertz CT molecular complexity index is 236. The third-order valence-corrected chi connectivity index (χ3v) is 5.50. The first-order valence-electron chi connectivity index (χ1n) is 5.19. The van der Waals surface area contributed by atoms with Crippen molar-refractivity contribution >= 4 is 0 Å². The van der Waals surface area contributed by atoms with Gasteiger partial charge in [-0.2, -0.15) is 0 Å². The molecular weight excluding hydrogens is 164 g/mol. The second kappa shape index (κ2) is 2.29. The van der Waals surface area contributed by atoms with Gasteiger partial charge in [-0.3, -0.25) is 0 Å². The van der Waals surface area contributed by atoms with E-state index in [-0.39, 0.29) is 29.0 Å². The van der Waals surface area contributed by atoms with Crippen molar-refractivity contribution < 1.29 is 10.2 Å². The van der Waals surface area contributed by atoms with E-state index in [0.29, 0.717) is 0 Å². The van der Waals surface area contributed by atoms with Gasteiger partial charge in [0.2, 0.25) is 0 Å². The summed E-state index contributed by atoms with van der Waals surface area (Å²) in [6, 6.07) is 0. The highest BCUT2D eigenvalue weighted by Gasteiger charge is 2.68. The molecule has 2 nitrogen and oxygen atoms in total. The molecule has 0 radical (unpaired) electrons. The number of hydrogen-bond acceptors (Lipinski definition) is 2. The molecule has 0 aromatic carbocycles. The van der Waals surface area contributed by atoms with Crippen LogP contribution in [0.4, 0.5) is 0 Å². The van der Waals surface area contributed by atoms with Crippen LogP contribution in [0.1, 0.15) is 40.0 Å². The summed E-state index contributed by atoms with van der Waals surface area (Å²) in [5, 5.41) is 19.5. The van der Waals surface area contributed by atoms with Gasteiger partial charge in [-0.15, -0.1) is 0 Å². The molecule has 2 saturated carbocycles. The molecule has 2 heteroatoms. The molecule has 2 rings (SSSR count). The van der Waals surface area contributed by atoms with E-state index in [1.54, 1.807) is 0 Å². The van der Waals surface area contributed by atoms with Crippen molar-refractivity contribution in [3.05, 3.63) is 0 Å². The molecule has 0 aliphatic heterocycles. The average Bonchev–Trinajstić information content (AvgIpc) is 2.34. The summed E-state index contributed by atoms with van der Waals surface area (Å²) in [4.78, 5) is 0. The van der Waals surface area contributed by atoms with Crippen molar-refractivity contribution in [2.24, 2.45) is 16.2 Å².